The molecule has 0 bridgehead atoms. The molecule has 0 amide bonds. The van der Waals surface area contributed by atoms with Crippen molar-refractivity contribution in [1.29, 1.82) is 0 Å². The van der Waals surface area contributed by atoms with Crippen molar-refractivity contribution in [3.63, 3.8) is 0 Å². The second kappa shape index (κ2) is 5.25. The summed E-state index contributed by atoms with van der Waals surface area (Å²) in [5.74, 6) is -0.629. The van der Waals surface area contributed by atoms with E-state index in [-0.39, 0.29) is 24.3 Å². The fourth-order valence-electron chi connectivity index (χ4n) is 1.54. The molecule has 0 spiro atoms. The molecule has 1 rings (SSSR count). The minimum Gasteiger partial charge on any atom is -0.396 e. The molecule has 0 saturated heterocycles. The van der Waals surface area contributed by atoms with E-state index >= 15 is 0 Å². The van der Waals surface area contributed by atoms with E-state index in [0.717, 1.165) is 6.07 Å². The molecule has 0 saturated carbocycles. The van der Waals surface area contributed by atoms with Crippen LogP contribution in [0.15, 0.2) is 12.1 Å². The molecule has 16 heavy (non-hydrogen) atoms. The van der Waals surface area contributed by atoms with Crippen LogP contribution >= 0.6 is 0 Å². The quantitative estimate of drug-likeness (QED) is 0.566. The second-order valence-electron chi connectivity index (χ2n) is 3.75. The van der Waals surface area contributed by atoms with Gasteiger partial charge in [0.1, 0.15) is 11.9 Å². The molecular weight excluding hydrogens is 213 g/mol. The maximum Gasteiger partial charge on any atom is 0.146 e. The minimum absolute atomic E-state index is 0.00472. The summed E-state index contributed by atoms with van der Waals surface area (Å²) in [6.07, 6.45) is -2.30. The van der Waals surface area contributed by atoms with Gasteiger partial charge >= 0.3 is 0 Å². The van der Waals surface area contributed by atoms with Gasteiger partial charge in [-0.3, -0.25) is 0 Å². The molecule has 0 radical (unpaired) electrons. The summed E-state index contributed by atoms with van der Waals surface area (Å²) in [6, 6.07) is 2.51. The van der Waals surface area contributed by atoms with Gasteiger partial charge in [0.2, 0.25) is 0 Å². The summed E-state index contributed by atoms with van der Waals surface area (Å²) in [7, 11) is 0. The molecule has 2 unspecified atom stereocenters. The van der Waals surface area contributed by atoms with Crippen LogP contribution in [-0.4, -0.2) is 28.0 Å². The monoisotopic (exact) mass is 229 g/mol. The Balaban J connectivity index is 2.99. The average Bonchev–Trinajstić information content (AvgIpc) is 2.23. The summed E-state index contributed by atoms with van der Waals surface area (Å²) < 4.78 is 13.2. The topological polar surface area (TPSA) is 86.7 Å². The van der Waals surface area contributed by atoms with Crippen LogP contribution < -0.4 is 5.73 Å². The third kappa shape index (κ3) is 2.69. The first kappa shape index (κ1) is 12.9. The van der Waals surface area contributed by atoms with Crippen molar-refractivity contribution < 1.29 is 19.7 Å². The predicted octanol–water partition coefficient (Wildman–Crippen LogP) is 0.493. The van der Waals surface area contributed by atoms with Gasteiger partial charge in [0.05, 0.1) is 11.8 Å². The van der Waals surface area contributed by atoms with E-state index in [9.17, 15) is 14.6 Å². The summed E-state index contributed by atoms with van der Waals surface area (Å²) in [5.41, 5.74) is 6.26. The fourth-order valence-corrected chi connectivity index (χ4v) is 1.54. The molecular formula is C11H16FNO3. The molecule has 2 atom stereocenters. The molecule has 1 aromatic carbocycles. The third-order valence-corrected chi connectivity index (χ3v) is 2.49. The zero-order chi connectivity index (χ0) is 12.3. The SMILES string of the molecule is Cc1cc(N)c(F)cc1C(O)C(O)CCO. The van der Waals surface area contributed by atoms with Gasteiger partial charge in [-0.05, 0) is 36.6 Å². The van der Waals surface area contributed by atoms with Gasteiger partial charge in [-0.1, -0.05) is 0 Å². The molecule has 0 heterocycles. The number of hydrogen-bond acceptors (Lipinski definition) is 4. The highest BCUT2D eigenvalue weighted by molar-refractivity contribution is 5.46. The Labute approximate surface area is 93.1 Å². The highest BCUT2D eigenvalue weighted by Crippen LogP contribution is 2.25. The lowest BCUT2D eigenvalue weighted by atomic mass is 9.97. The molecule has 0 fully saturated rings. The Hall–Kier alpha value is -1.17. The largest absolute Gasteiger partial charge is 0.396 e. The van der Waals surface area contributed by atoms with Crippen LogP contribution in [0, 0.1) is 12.7 Å². The van der Waals surface area contributed by atoms with E-state index in [1.165, 1.54) is 6.07 Å². The molecule has 4 nitrogen and oxygen atoms in total. The summed E-state index contributed by atoms with van der Waals surface area (Å²) >= 11 is 0. The molecule has 5 heteroatoms. The van der Waals surface area contributed by atoms with E-state index < -0.39 is 18.0 Å². The molecule has 0 aliphatic rings. The van der Waals surface area contributed by atoms with Crippen LogP contribution in [0.25, 0.3) is 0 Å². The summed E-state index contributed by atoms with van der Waals surface area (Å²) in [5, 5.41) is 27.9. The van der Waals surface area contributed by atoms with Gasteiger partial charge in [0.25, 0.3) is 0 Å². The van der Waals surface area contributed by atoms with Crippen LogP contribution in [0.1, 0.15) is 23.7 Å². The van der Waals surface area contributed by atoms with Crippen LogP contribution in [0.2, 0.25) is 0 Å². The Morgan fingerprint density at radius 2 is 2.00 bits per heavy atom. The van der Waals surface area contributed by atoms with Gasteiger partial charge in [-0.25, -0.2) is 4.39 Å². The molecule has 0 aromatic heterocycles. The van der Waals surface area contributed by atoms with Gasteiger partial charge in [0.15, 0.2) is 0 Å². The zero-order valence-electron chi connectivity index (χ0n) is 9.02. The van der Waals surface area contributed by atoms with E-state index in [1.807, 2.05) is 0 Å². The zero-order valence-corrected chi connectivity index (χ0v) is 9.02. The smallest absolute Gasteiger partial charge is 0.146 e. The normalized spacial score (nSPS) is 14.8. The van der Waals surface area contributed by atoms with Gasteiger partial charge in [0, 0.05) is 6.61 Å². The number of halogens is 1. The van der Waals surface area contributed by atoms with Crippen molar-refractivity contribution in [2.24, 2.45) is 0 Å². The first-order valence-corrected chi connectivity index (χ1v) is 5.00. The number of aryl methyl sites for hydroxylation is 1. The maximum absolute atomic E-state index is 13.2. The van der Waals surface area contributed by atoms with Crippen molar-refractivity contribution in [2.45, 2.75) is 25.6 Å². The van der Waals surface area contributed by atoms with E-state index in [1.54, 1.807) is 6.92 Å². The minimum atomic E-state index is -1.22. The van der Waals surface area contributed by atoms with E-state index in [4.69, 9.17) is 10.8 Å². The standard InChI is InChI=1S/C11H16FNO3/c1-6-4-9(13)8(12)5-7(6)11(16)10(15)2-3-14/h4-5,10-11,14-16H,2-3,13H2,1H3. The Bertz CT molecular complexity index is 370. The van der Waals surface area contributed by atoms with Crippen LogP contribution in [-0.2, 0) is 0 Å². The second-order valence-corrected chi connectivity index (χ2v) is 3.75. The first-order valence-electron chi connectivity index (χ1n) is 5.00. The Morgan fingerprint density at radius 3 is 2.56 bits per heavy atom. The van der Waals surface area contributed by atoms with Gasteiger partial charge < -0.3 is 21.1 Å². The molecule has 1 aromatic rings. The highest BCUT2D eigenvalue weighted by Gasteiger charge is 2.20. The number of anilines is 1. The Morgan fingerprint density at radius 1 is 1.38 bits per heavy atom. The lowest BCUT2D eigenvalue weighted by Crippen LogP contribution is -2.20. The number of hydrogen-bond donors (Lipinski definition) is 4. The van der Waals surface area contributed by atoms with Crippen molar-refractivity contribution in [3.05, 3.63) is 29.1 Å². The fraction of sp³-hybridized carbons (Fsp3) is 0.455. The summed E-state index contributed by atoms with van der Waals surface area (Å²) in [4.78, 5) is 0. The van der Waals surface area contributed by atoms with Crippen molar-refractivity contribution in [1.82, 2.24) is 0 Å². The highest BCUT2D eigenvalue weighted by atomic mass is 19.1. The van der Waals surface area contributed by atoms with Crippen molar-refractivity contribution in [3.8, 4) is 0 Å². The number of aliphatic hydroxyl groups is 3. The third-order valence-electron chi connectivity index (χ3n) is 2.49. The Kier molecular flexibility index (Phi) is 4.23. The number of benzene rings is 1. The predicted molar refractivity (Wildman–Crippen MR) is 58.2 cm³/mol. The van der Waals surface area contributed by atoms with Gasteiger partial charge in [-0.2, -0.15) is 0 Å². The molecule has 90 valence electrons. The maximum atomic E-state index is 13.2. The van der Waals surface area contributed by atoms with Crippen LogP contribution in [0.5, 0.6) is 0 Å². The van der Waals surface area contributed by atoms with Crippen LogP contribution in [0.3, 0.4) is 0 Å². The lowest BCUT2D eigenvalue weighted by molar-refractivity contribution is 0.00376. The summed E-state index contributed by atoms with van der Waals surface area (Å²) in [6.45, 7) is 1.43. The van der Waals surface area contributed by atoms with Crippen molar-refractivity contribution >= 4 is 5.69 Å². The van der Waals surface area contributed by atoms with E-state index in [2.05, 4.69) is 0 Å². The number of nitrogen functional groups attached to an aromatic ring is 1. The van der Waals surface area contributed by atoms with Crippen molar-refractivity contribution in [2.75, 3.05) is 12.3 Å². The molecule has 5 N–H and O–H groups in total. The van der Waals surface area contributed by atoms with Gasteiger partial charge in [-0.15, -0.1) is 0 Å². The first-order chi connectivity index (χ1) is 7.47. The molecule has 0 aliphatic heterocycles. The van der Waals surface area contributed by atoms with E-state index in [0.29, 0.717) is 5.56 Å². The number of aliphatic hydroxyl groups excluding tert-OH is 3. The average molecular weight is 229 g/mol. The lowest BCUT2D eigenvalue weighted by Gasteiger charge is -2.19. The number of nitrogens with two attached hydrogens (primary N) is 1. The van der Waals surface area contributed by atoms with Crippen LogP contribution in [0.4, 0.5) is 10.1 Å². The number of rotatable bonds is 4. The molecule has 0 aliphatic carbocycles.